The van der Waals surface area contributed by atoms with Crippen molar-refractivity contribution in [2.75, 3.05) is 12.9 Å². The number of nitrogens with zero attached hydrogens (tertiary/aromatic N) is 1. The van der Waals surface area contributed by atoms with Gasteiger partial charge in [-0.1, -0.05) is 0 Å². The minimum atomic E-state index is -3.41. The van der Waals surface area contributed by atoms with Gasteiger partial charge in [0.25, 0.3) is 10.0 Å². The maximum atomic E-state index is 12.2. The van der Waals surface area contributed by atoms with E-state index in [0.29, 0.717) is 4.21 Å². The minimum absolute atomic E-state index is 0.215. The zero-order valence-corrected chi connectivity index (χ0v) is 13.2. The average molecular weight is 347 g/mol. The molecule has 0 aromatic carbocycles. The van der Waals surface area contributed by atoms with E-state index in [0.717, 1.165) is 9.35 Å². The van der Waals surface area contributed by atoms with E-state index in [4.69, 9.17) is 11.6 Å². The van der Waals surface area contributed by atoms with Gasteiger partial charge < -0.3 is 0 Å². The second-order valence-electron chi connectivity index (χ2n) is 3.55. The number of aryl methyl sites for hydroxylation is 1. The fraction of sp³-hybridized carbons (Fsp3) is 0.556. The lowest BCUT2D eigenvalue weighted by atomic mass is 10.4. The third kappa shape index (κ3) is 2.79. The van der Waals surface area contributed by atoms with Crippen molar-refractivity contribution >= 4 is 48.9 Å². The quantitative estimate of drug-likeness (QED) is 0.786. The Balaban J connectivity index is 3.11. The van der Waals surface area contributed by atoms with Crippen LogP contribution in [0.1, 0.15) is 12.5 Å². The van der Waals surface area contributed by atoms with Crippen molar-refractivity contribution in [2.24, 2.45) is 0 Å². The Morgan fingerprint density at radius 3 is 2.56 bits per heavy atom. The van der Waals surface area contributed by atoms with Gasteiger partial charge in [0.1, 0.15) is 4.21 Å². The number of hydrogen-bond donors (Lipinski definition) is 0. The van der Waals surface area contributed by atoms with E-state index in [9.17, 15) is 8.42 Å². The van der Waals surface area contributed by atoms with Crippen molar-refractivity contribution in [2.45, 2.75) is 24.1 Å². The summed E-state index contributed by atoms with van der Waals surface area (Å²) in [6.07, 6.45) is 0. The minimum Gasteiger partial charge on any atom is -0.206 e. The van der Waals surface area contributed by atoms with Crippen LogP contribution in [0.25, 0.3) is 0 Å². The fourth-order valence-corrected chi connectivity index (χ4v) is 5.10. The molecule has 0 saturated heterocycles. The Hall–Kier alpha value is 0.380. The van der Waals surface area contributed by atoms with E-state index in [1.165, 1.54) is 15.6 Å². The molecular formula is C9H13BrClNO2S2. The molecule has 92 valence electrons. The van der Waals surface area contributed by atoms with Gasteiger partial charge in [0.05, 0.1) is 3.79 Å². The molecule has 0 aliphatic rings. The summed E-state index contributed by atoms with van der Waals surface area (Å²) in [5.41, 5.74) is 0.926. The molecule has 1 unspecified atom stereocenters. The Kier molecular flexibility index (Phi) is 4.83. The van der Waals surface area contributed by atoms with Crippen LogP contribution in [0, 0.1) is 6.92 Å². The molecule has 3 nitrogen and oxygen atoms in total. The Morgan fingerprint density at radius 2 is 2.19 bits per heavy atom. The molecule has 0 bridgehead atoms. The standard InChI is InChI=1S/C9H13BrClNO2S2/c1-6-4-8(15-9(6)10)16(13,14)12(3)7(2)5-11/h4,7H,5H2,1-3H3. The smallest absolute Gasteiger partial charge is 0.206 e. The lowest BCUT2D eigenvalue weighted by Gasteiger charge is -2.21. The molecule has 16 heavy (non-hydrogen) atoms. The monoisotopic (exact) mass is 345 g/mol. The summed E-state index contributed by atoms with van der Waals surface area (Å²) in [6.45, 7) is 3.64. The number of thiophene rings is 1. The molecule has 0 amide bonds. The third-order valence-electron chi connectivity index (χ3n) is 2.31. The van der Waals surface area contributed by atoms with E-state index in [1.807, 2.05) is 6.92 Å². The van der Waals surface area contributed by atoms with Crippen LogP contribution < -0.4 is 0 Å². The second kappa shape index (κ2) is 5.35. The Labute approximate surface area is 114 Å². The van der Waals surface area contributed by atoms with Gasteiger partial charge in [-0.05, 0) is 41.4 Å². The molecule has 1 aromatic heterocycles. The van der Waals surface area contributed by atoms with Crippen LogP contribution >= 0.6 is 38.9 Å². The summed E-state index contributed by atoms with van der Waals surface area (Å²) in [7, 11) is -1.87. The first kappa shape index (κ1) is 14.4. The lowest BCUT2D eigenvalue weighted by molar-refractivity contribution is 0.415. The van der Waals surface area contributed by atoms with Gasteiger partial charge in [0.2, 0.25) is 0 Å². The highest BCUT2D eigenvalue weighted by atomic mass is 79.9. The predicted octanol–water partition coefficient (Wildman–Crippen LogP) is 3.07. The largest absolute Gasteiger partial charge is 0.252 e. The van der Waals surface area contributed by atoms with E-state index < -0.39 is 10.0 Å². The van der Waals surface area contributed by atoms with E-state index >= 15 is 0 Å². The van der Waals surface area contributed by atoms with Gasteiger partial charge in [0.15, 0.2) is 0 Å². The lowest BCUT2D eigenvalue weighted by Crippen LogP contribution is -2.35. The van der Waals surface area contributed by atoms with Crippen molar-refractivity contribution in [3.05, 3.63) is 15.4 Å². The molecule has 1 atom stereocenters. The summed E-state index contributed by atoms with van der Waals surface area (Å²) in [5.74, 6) is 0.279. The molecule has 0 fully saturated rings. The molecule has 0 aliphatic carbocycles. The molecule has 0 radical (unpaired) electrons. The first-order valence-corrected chi connectivity index (χ1v) is 8.19. The van der Waals surface area contributed by atoms with Crippen LogP contribution in [0.3, 0.4) is 0 Å². The first-order chi connectivity index (χ1) is 7.30. The highest BCUT2D eigenvalue weighted by Crippen LogP contribution is 2.32. The SMILES string of the molecule is Cc1cc(S(=O)(=O)N(C)C(C)CCl)sc1Br. The van der Waals surface area contributed by atoms with Gasteiger partial charge in [-0.25, -0.2) is 8.42 Å². The molecule has 1 rings (SSSR count). The Morgan fingerprint density at radius 1 is 1.62 bits per heavy atom. The van der Waals surface area contributed by atoms with Gasteiger partial charge in [-0.2, -0.15) is 4.31 Å². The topological polar surface area (TPSA) is 37.4 Å². The molecular weight excluding hydrogens is 334 g/mol. The van der Waals surface area contributed by atoms with Crippen LogP contribution in [-0.4, -0.2) is 31.7 Å². The zero-order chi connectivity index (χ0) is 12.5. The molecule has 0 saturated carbocycles. The summed E-state index contributed by atoms with van der Waals surface area (Å²) < 4.78 is 26.8. The van der Waals surface area contributed by atoms with Crippen LogP contribution in [-0.2, 0) is 10.0 Å². The maximum absolute atomic E-state index is 12.2. The van der Waals surface area contributed by atoms with E-state index in [2.05, 4.69) is 15.9 Å². The average Bonchev–Trinajstić information content (AvgIpc) is 2.57. The summed E-state index contributed by atoms with van der Waals surface area (Å²) in [4.78, 5) is 0. The van der Waals surface area contributed by atoms with Gasteiger partial charge in [-0.15, -0.1) is 22.9 Å². The van der Waals surface area contributed by atoms with Crippen molar-refractivity contribution in [1.82, 2.24) is 4.31 Å². The van der Waals surface area contributed by atoms with Crippen molar-refractivity contribution in [3.8, 4) is 0 Å². The summed E-state index contributed by atoms with van der Waals surface area (Å²) >= 11 is 10.2. The first-order valence-electron chi connectivity index (χ1n) is 4.60. The normalized spacial score (nSPS) is 14.4. The van der Waals surface area contributed by atoms with Crippen molar-refractivity contribution in [1.29, 1.82) is 0 Å². The third-order valence-corrected chi connectivity index (χ3v) is 7.32. The molecule has 1 heterocycles. The highest BCUT2D eigenvalue weighted by Gasteiger charge is 2.27. The van der Waals surface area contributed by atoms with Crippen LogP contribution in [0.2, 0.25) is 0 Å². The van der Waals surface area contributed by atoms with Crippen LogP contribution in [0.5, 0.6) is 0 Å². The zero-order valence-electron chi connectivity index (χ0n) is 9.20. The number of sulfonamides is 1. The van der Waals surface area contributed by atoms with Crippen LogP contribution in [0.15, 0.2) is 14.1 Å². The maximum Gasteiger partial charge on any atom is 0.252 e. The molecule has 7 heteroatoms. The number of halogens is 2. The van der Waals surface area contributed by atoms with Gasteiger partial charge in [0, 0.05) is 19.0 Å². The summed E-state index contributed by atoms with van der Waals surface area (Å²) in [6, 6.07) is 1.45. The van der Waals surface area contributed by atoms with Crippen molar-refractivity contribution < 1.29 is 8.42 Å². The molecule has 0 N–H and O–H groups in total. The second-order valence-corrected chi connectivity index (χ2v) is 8.45. The number of rotatable bonds is 4. The highest BCUT2D eigenvalue weighted by molar-refractivity contribution is 9.11. The summed E-state index contributed by atoms with van der Waals surface area (Å²) in [5, 5.41) is 0. The van der Waals surface area contributed by atoms with E-state index in [-0.39, 0.29) is 11.9 Å². The van der Waals surface area contributed by atoms with E-state index in [1.54, 1.807) is 20.0 Å². The number of hydrogen-bond acceptors (Lipinski definition) is 3. The Bertz CT molecular complexity index is 452. The molecule has 0 aliphatic heterocycles. The molecule has 1 aromatic rings. The van der Waals surface area contributed by atoms with Gasteiger partial charge >= 0.3 is 0 Å². The van der Waals surface area contributed by atoms with Crippen molar-refractivity contribution in [3.63, 3.8) is 0 Å². The predicted molar refractivity (Wildman–Crippen MR) is 71.9 cm³/mol. The fourth-order valence-electron chi connectivity index (χ4n) is 1.03. The van der Waals surface area contributed by atoms with Crippen LogP contribution in [0.4, 0.5) is 0 Å². The molecule has 0 spiro atoms. The van der Waals surface area contributed by atoms with Gasteiger partial charge in [-0.3, -0.25) is 0 Å². The number of alkyl halides is 1.